The van der Waals surface area contributed by atoms with E-state index in [1.165, 1.54) is 27.7 Å². The fourth-order valence-corrected chi connectivity index (χ4v) is 3.73. The zero-order valence-corrected chi connectivity index (χ0v) is 20.7. The Morgan fingerprint density at radius 1 is 0.853 bits per heavy atom. The number of nitrogens with one attached hydrogen (secondary N) is 1. The van der Waals surface area contributed by atoms with Crippen LogP contribution in [0.25, 0.3) is 0 Å². The van der Waals surface area contributed by atoms with Crippen LogP contribution in [-0.2, 0) is 42.9 Å². The topological polar surface area (TPSA) is 126 Å². The molecule has 1 aliphatic rings. The molecule has 0 spiro atoms. The van der Waals surface area contributed by atoms with Crippen LogP contribution in [0.5, 0.6) is 0 Å². The van der Waals surface area contributed by atoms with Crippen molar-refractivity contribution in [3.63, 3.8) is 0 Å². The van der Waals surface area contributed by atoms with Gasteiger partial charge in [0, 0.05) is 34.3 Å². The summed E-state index contributed by atoms with van der Waals surface area (Å²) in [6, 6.07) is -0.932. The Morgan fingerprint density at radius 3 is 2.00 bits per heavy atom. The van der Waals surface area contributed by atoms with Crippen LogP contribution in [0.15, 0.2) is 12.7 Å². The van der Waals surface area contributed by atoms with Crippen molar-refractivity contribution in [2.75, 3.05) is 13.2 Å². The van der Waals surface area contributed by atoms with Crippen molar-refractivity contribution >= 4 is 23.8 Å². The van der Waals surface area contributed by atoms with Crippen molar-refractivity contribution in [3.8, 4) is 0 Å². The number of carbonyl (C=O) groups excluding carboxylic acids is 4. The van der Waals surface area contributed by atoms with E-state index in [0.29, 0.717) is 6.61 Å². The normalized spacial score (nSPS) is 24.1. The lowest BCUT2D eigenvalue weighted by atomic mass is 9.96. The quantitative estimate of drug-likeness (QED) is 0.161. The highest BCUT2D eigenvalue weighted by molar-refractivity contribution is 5.73. The van der Waals surface area contributed by atoms with Gasteiger partial charge in [0.25, 0.3) is 0 Å². The van der Waals surface area contributed by atoms with Crippen LogP contribution < -0.4 is 5.32 Å². The van der Waals surface area contributed by atoms with Gasteiger partial charge in [0.05, 0.1) is 0 Å². The van der Waals surface area contributed by atoms with Gasteiger partial charge in [-0.05, 0) is 19.3 Å². The van der Waals surface area contributed by atoms with Crippen LogP contribution in [-0.4, -0.2) is 67.7 Å². The number of unbranched alkanes of at least 4 members (excludes halogenated alkanes) is 6. The zero-order valence-electron chi connectivity index (χ0n) is 20.7. The minimum Gasteiger partial charge on any atom is -0.463 e. The van der Waals surface area contributed by atoms with Gasteiger partial charge in [-0.25, -0.2) is 0 Å². The summed E-state index contributed by atoms with van der Waals surface area (Å²) in [5.74, 6) is -2.24. The Morgan fingerprint density at radius 2 is 1.44 bits per heavy atom. The molecule has 1 saturated heterocycles. The van der Waals surface area contributed by atoms with E-state index < -0.39 is 54.5 Å². The molecule has 0 aromatic heterocycles. The Hall–Kier alpha value is -2.46. The standard InChI is InChI=1S/C24H39NO9/c1-6-7-8-9-10-11-12-13-14-30-24-21(25-16(2)26)23(33-19(5)29)22(32-18(4)28)20(34-24)15-31-17(3)27/h6,20-24H,1,7-15H2,2-5H3,(H,25,26). The lowest BCUT2D eigenvalue weighted by Crippen LogP contribution is -2.66. The molecule has 5 atom stereocenters. The van der Waals surface area contributed by atoms with E-state index in [9.17, 15) is 19.2 Å². The van der Waals surface area contributed by atoms with Gasteiger partial charge in [0.2, 0.25) is 5.91 Å². The number of rotatable bonds is 15. The molecule has 10 nitrogen and oxygen atoms in total. The molecule has 1 N–H and O–H groups in total. The lowest BCUT2D eigenvalue weighted by Gasteiger charge is -2.44. The predicted octanol–water partition coefficient (Wildman–Crippen LogP) is 2.58. The van der Waals surface area contributed by atoms with Gasteiger partial charge in [-0.15, -0.1) is 6.58 Å². The average Bonchev–Trinajstić information content (AvgIpc) is 2.74. The Kier molecular flexibility index (Phi) is 14.1. The molecule has 34 heavy (non-hydrogen) atoms. The minimum absolute atomic E-state index is 0.248. The molecule has 1 fully saturated rings. The Bertz CT molecular complexity index is 681. The molecule has 0 aliphatic carbocycles. The molecule has 0 radical (unpaired) electrons. The number of ether oxygens (including phenoxy) is 5. The smallest absolute Gasteiger partial charge is 0.303 e. The Balaban J connectivity index is 2.90. The van der Waals surface area contributed by atoms with Crippen LogP contribution >= 0.6 is 0 Å². The summed E-state index contributed by atoms with van der Waals surface area (Å²) in [6.07, 6.45) is 4.99. The second-order valence-corrected chi connectivity index (χ2v) is 8.29. The maximum Gasteiger partial charge on any atom is 0.303 e. The van der Waals surface area contributed by atoms with Crippen LogP contribution in [0.1, 0.15) is 72.6 Å². The third-order valence-corrected chi connectivity index (χ3v) is 5.16. The van der Waals surface area contributed by atoms with Crippen LogP contribution in [0.2, 0.25) is 0 Å². The van der Waals surface area contributed by atoms with Crippen molar-refractivity contribution in [1.29, 1.82) is 0 Å². The minimum atomic E-state index is -1.12. The van der Waals surface area contributed by atoms with E-state index in [2.05, 4.69) is 11.9 Å². The van der Waals surface area contributed by atoms with Gasteiger partial charge < -0.3 is 29.0 Å². The largest absolute Gasteiger partial charge is 0.463 e. The summed E-state index contributed by atoms with van der Waals surface area (Å²) in [6.45, 7) is 8.76. The third kappa shape index (κ3) is 11.6. The van der Waals surface area contributed by atoms with Gasteiger partial charge in [-0.2, -0.15) is 0 Å². The van der Waals surface area contributed by atoms with Crippen molar-refractivity contribution < 1.29 is 42.9 Å². The van der Waals surface area contributed by atoms with E-state index in [-0.39, 0.29) is 6.61 Å². The summed E-state index contributed by atoms with van der Waals surface area (Å²) in [5.41, 5.74) is 0. The second-order valence-electron chi connectivity index (χ2n) is 8.29. The monoisotopic (exact) mass is 485 g/mol. The molecule has 1 aliphatic heterocycles. The molecule has 5 unspecified atom stereocenters. The number of hydrogen-bond acceptors (Lipinski definition) is 9. The Labute approximate surface area is 201 Å². The van der Waals surface area contributed by atoms with Crippen LogP contribution in [0.4, 0.5) is 0 Å². The summed E-state index contributed by atoms with van der Waals surface area (Å²) in [5, 5.41) is 2.68. The van der Waals surface area contributed by atoms with Crippen molar-refractivity contribution in [2.45, 2.75) is 103 Å². The SMILES string of the molecule is C=CCCCCCCCCOC1OC(COC(C)=O)C(OC(C)=O)C(OC(C)=O)C1NC(C)=O. The van der Waals surface area contributed by atoms with E-state index in [1.807, 2.05) is 6.08 Å². The molecular weight excluding hydrogens is 446 g/mol. The zero-order chi connectivity index (χ0) is 25.5. The highest BCUT2D eigenvalue weighted by Crippen LogP contribution is 2.28. The van der Waals surface area contributed by atoms with Crippen molar-refractivity contribution in [2.24, 2.45) is 0 Å². The van der Waals surface area contributed by atoms with E-state index in [1.54, 1.807) is 0 Å². The third-order valence-electron chi connectivity index (χ3n) is 5.16. The molecule has 1 rings (SSSR count). The van der Waals surface area contributed by atoms with Gasteiger partial charge in [0.15, 0.2) is 18.5 Å². The van der Waals surface area contributed by atoms with Crippen molar-refractivity contribution in [1.82, 2.24) is 5.32 Å². The van der Waals surface area contributed by atoms with Gasteiger partial charge in [0.1, 0.15) is 18.8 Å². The molecule has 1 heterocycles. The maximum absolute atomic E-state index is 11.9. The number of amides is 1. The van der Waals surface area contributed by atoms with Gasteiger partial charge >= 0.3 is 17.9 Å². The fraction of sp³-hybridized carbons (Fsp3) is 0.750. The van der Waals surface area contributed by atoms with Gasteiger partial charge in [-0.3, -0.25) is 19.2 Å². The summed E-state index contributed by atoms with van der Waals surface area (Å²) in [7, 11) is 0. The first-order valence-corrected chi connectivity index (χ1v) is 11.8. The predicted molar refractivity (Wildman–Crippen MR) is 122 cm³/mol. The lowest BCUT2D eigenvalue weighted by molar-refractivity contribution is -0.277. The van der Waals surface area contributed by atoms with Gasteiger partial charge in [-0.1, -0.05) is 31.8 Å². The first kappa shape index (κ1) is 29.6. The number of carbonyl (C=O) groups is 4. The van der Waals surface area contributed by atoms with Crippen LogP contribution in [0, 0.1) is 0 Å². The molecule has 0 aromatic rings. The molecule has 10 heteroatoms. The van der Waals surface area contributed by atoms with Crippen molar-refractivity contribution in [3.05, 3.63) is 12.7 Å². The highest BCUT2D eigenvalue weighted by atomic mass is 16.7. The highest BCUT2D eigenvalue weighted by Gasteiger charge is 2.51. The molecule has 1 amide bonds. The molecule has 0 saturated carbocycles. The van der Waals surface area contributed by atoms with E-state index in [0.717, 1.165) is 44.9 Å². The molecular formula is C24H39NO9. The molecule has 0 aromatic carbocycles. The average molecular weight is 486 g/mol. The molecule has 0 bridgehead atoms. The second kappa shape index (κ2) is 16.2. The van der Waals surface area contributed by atoms with E-state index >= 15 is 0 Å². The maximum atomic E-state index is 11.9. The number of allylic oxidation sites excluding steroid dienone is 1. The summed E-state index contributed by atoms with van der Waals surface area (Å²) >= 11 is 0. The van der Waals surface area contributed by atoms with Crippen LogP contribution in [0.3, 0.4) is 0 Å². The molecule has 194 valence electrons. The first-order chi connectivity index (χ1) is 16.1. The number of esters is 3. The summed E-state index contributed by atoms with van der Waals surface area (Å²) < 4.78 is 27.7. The van der Waals surface area contributed by atoms with E-state index in [4.69, 9.17) is 23.7 Å². The first-order valence-electron chi connectivity index (χ1n) is 11.8. The number of hydrogen-bond donors (Lipinski definition) is 1. The fourth-order valence-electron chi connectivity index (χ4n) is 3.73. The summed E-state index contributed by atoms with van der Waals surface area (Å²) in [4.78, 5) is 46.8.